The first kappa shape index (κ1) is 30.0. The van der Waals surface area contributed by atoms with Crippen LogP contribution in [0.5, 0.6) is 0 Å². The Kier molecular flexibility index (Phi) is 13.4. The Morgan fingerprint density at radius 2 is 1.44 bits per heavy atom. The van der Waals surface area contributed by atoms with Gasteiger partial charge in [0.15, 0.2) is 0 Å². The summed E-state index contributed by atoms with van der Waals surface area (Å²) in [6.07, 6.45) is 7.89. The first-order valence-electron chi connectivity index (χ1n) is 13.7. The zero-order chi connectivity index (χ0) is 25.0. The molecule has 1 N–H and O–H groups in total. The number of fused-ring (bicyclic) bond motifs is 1. The summed E-state index contributed by atoms with van der Waals surface area (Å²) >= 11 is 4.16. The van der Waals surface area contributed by atoms with Gasteiger partial charge < -0.3 is 9.88 Å². The zero-order valence-electron chi connectivity index (χ0n) is 23.3. The average molecular weight is 521 g/mol. The minimum absolute atomic E-state index is 0.165. The van der Waals surface area contributed by atoms with Crippen LogP contribution in [-0.4, -0.2) is 61.3 Å². The second-order valence-corrected chi connectivity index (χ2v) is 18.1. The molecular weight excluding hydrogens is 469 g/mol. The Morgan fingerprint density at radius 3 is 2.03 bits per heavy atom. The summed E-state index contributed by atoms with van der Waals surface area (Å²) in [5, 5.41) is 4.79. The van der Waals surface area contributed by atoms with Crippen molar-refractivity contribution in [3.63, 3.8) is 0 Å². The molecular formula is C29H52N2S2Si. The van der Waals surface area contributed by atoms with Crippen LogP contribution in [0.25, 0.3) is 10.8 Å². The van der Waals surface area contributed by atoms with Crippen molar-refractivity contribution < 1.29 is 0 Å². The van der Waals surface area contributed by atoms with Crippen molar-refractivity contribution in [1.82, 2.24) is 9.88 Å². The molecule has 0 heterocycles. The van der Waals surface area contributed by atoms with Crippen LogP contribution in [0.3, 0.4) is 0 Å². The molecule has 1 aliphatic rings. The SMILES string of the molecule is CCSCCN(CCCCCCC1=c2ccccc2=C([Si](C)(C)NC(C)(C)C)C1)CCSCC. The molecule has 0 atom stereocenters. The van der Waals surface area contributed by atoms with Gasteiger partial charge in [0.05, 0.1) is 0 Å². The Hall–Kier alpha value is -0.203. The minimum Gasteiger partial charge on any atom is -0.329 e. The van der Waals surface area contributed by atoms with Gasteiger partial charge in [-0.15, -0.1) is 0 Å². The highest BCUT2D eigenvalue weighted by molar-refractivity contribution is 7.99. The van der Waals surface area contributed by atoms with Gasteiger partial charge in [0.25, 0.3) is 0 Å². The third-order valence-electron chi connectivity index (χ3n) is 6.68. The lowest BCUT2D eigenvalue weighted by molar-refractivity contribution is 0.300. The highest BCUT2D eigenvalue weighted by Crippen LogP contribution is 2.28. The van der Waals surface area contributed by atoms with E-state index in [1.54, 1.807) is 16.0 Å². The second kappa shape index (κ2) is 15.1. The molecule has 0 amide bonds. The van der Waals surface area contributed by atoms with Crippen LogP contribution in [0, 0.1) is 0 Å². The highest BCUT2D eigenvalue weighted by Gasteiger charge is 2.33. The molecule has 0 fully saturated rings. The molecule has 5 heteroatoms. The Labute approximate surface area is 220 Å². The van der Waals surface area contributed by atoms with E-state index in [4.69, 9.17) is 0 Å². The number of hydrogen-bond donors (Lipinski definition) is 1. The highest BCUT2D eigenvalue weighted by atomic mass is 32.2. The maximum absolute atomic E-state index is 4.01. The first-order valence-corrected chi connectivity index (χ1v) is 19.0. The van der Waals surface area contributed by atoms with Gasteiger partial charge in [0.1, 0.15) is 8.24 Å². The normalized spacial score (nSPS) is 14.4. The predicted octanol–water partition coefficient (Wildman–Crippen LogP) is 6.28. The lowest BCUT2D eigenvalue weighted by Gasteiger charge is -2.35. The van der Waals surface area contributed by atoms with Crippen LogP contribution in [0.4, 0.5) is 0 Å². The average Bonchev–Trinajstić information content (AvgIpc) is 3.14. The van der Waals surface area contributed by atoms with Gasteiger partial charge in [-0.1, -0.05) is 74.8 Å². The summed E-state index contributed by atoms with van der Waals surface area (Å²) in [6.45, 7) is 20.3. The van der Waals surface area contributed by atoms with Crippen molar-refractivity contribution in [2.24, 2.45) is 0 Å². The predicted molar refractivity (Wildman–Crippen MR) is 163 cm³/mol. The summed E-state index contributed by atoms with van der Waals surface area (Å²) in [6, 6.07) is 9.21. The largest absolute Gasteiger partial charge is 0.329 e. The Morgan fingerprint density at radius 1 is 0.853 bits per heavy atom. The third kappa shape index (κ3) is 10.4. The van der Waals surface area contributed by atoms with Gasteiger partial charge in [-0.05, 0) is 74.9 Å². The molecule has 0 radical (unpaired) electrons. The fourth-order valence-corrected chi connectivity index (χ4v) is 10.2. The van der Waals surface area contributed by atoms with Gasteiger partial charge >= 0.3 is 0 Å². The van der Waals surface area contributed by atoms with Crippen molar-refractivity contribution in [2.75, 3.05) is 42.6 Å². The van der Waals surface area contributed by atoms with Crippen molar-refractivity contribution in [2.45, 2.75) is 91.8 Å². The minimum atomic E-state index is -1.66. The Balaban J connectivity index is 1.86. The first-order chi connectivity index (χ1) is 16.2. The van der Waals surface area contributed by atoms with Gasteiger partial charge in [-0.3, -0.25) is 0 Å². The van der Waals surface area contributed by atoms with E-state index < -0.39 is 8.24 Å². The fraction of sp³-hybridized carbons (Fsp3) is 0.724. The maximum atomic E-state index is 4.01. The van der Waals surface area contributed by atoms with E-state index in [2.05, 4.69) is 105 Å². The number of nitrogens with zero attached hydrogens (tertiary/aromatic N) is 1. The lowest BCUT2D eigenvalue weighted by atomic mass is 10.0. The van der Waals surface area contributed by atoms with Gasteiger partial charge in [-0.2, -0.15) is 23.5 Å². The quantitative estimate of drug-likeness (QED) is 0.192. The van der Waals surface area contributed by atoms with Crippen LogP contribution in [0.15, 0.2) is 24.3 Å². The molecule has 0 saturated carbocycles. The van der Waals surface area contributed by atoms with Crippen LogP contribution >= 0.6 is 23.5 Å². The molecule has 0 aromatic heterocycles. The van der Waals surface area contributed by atoms with E-state index in [9.17, 15) is 0 Å². The molecule has 1 aliphatic carbocycles. The van der Waals surface area contributed by atoms with Crippen LogP contribution in [-0.2, 0) is 0 Å². The van der Waals surface area contributed by atoms with Crippen molar-refractivity contribution >= 4 is 42.5 Å². The van der Waals surface area contributed by atoms with E-state index in [1.807, 2.05) is 0 Å². The molecule has 0 spiro atoms. The van der Waals surface area contributed by atoms with E-state index >= 15 is 0 Å². The number of nitrogens with one attached hydrogen (secondary N) is 1. The summed E-state index contributed by atoms with van der Waals surface area (Å²) < 4.78 is 0. The Bertz CT molecular complexity index is 834. The van der Waals surface area contributed by atoms with Gasteiger partial charge in [0.2, 0.25) is 0 Å². The number of hydrogen-bond acceptors (Lipinski definition) is 4. The summed E-state index contributed by atoms with van der Waals surface area (Å²) in [4.78, 5) is 6.72. The van der Waals surface area contributed by atoms with E-state index in [1.165, 1.54) is 86.4 Å². The standard InChI is InChI=1S/C29H52N2S2Si/c1-8-32-22-20-31(21-23-33-9-2)19-15-11-10-12-16-25-24-28(27-18-14-13-17-26(25)27)34(6,7)30-29(3,4)5/h13-14,17-18,30H,8-12,15-16,19-24H2,1-7H3. The summed E-state index contributed by atoms with van der Waals surface area (Å²) in [5.74, 6) is 5.05. The molecule has 1 aromatic rings. The second-order valence-electron chi connectivity index (χ2n) is 11.2. The third-order valence-corrected chi connectivity index (χ3v) is 11.8. The molecule has 0 saturated heterocycles. The molecule has 0 aliphatic heterocycles. The lowest BCUT2D eigenvalue weighted by Crippen LogP contribution is -2.56. The van der Waals surface area contributed by atoms with Crippen LogP contribution in [0.2, 0.25) is 13.1 Å². The number of rotatable bonds is 17. The summed E-state index contributed by atoms with van der Waals surface area (Å²) in [7, 11) is -1.66. The number of unbranched alkanes of at least 4 members (excludes halogenated alkanes) is 3. The van der Waals surface area contributed by atoms with Crippen molar-refractivity contribution in [3.05, 3.63) is 34.7 Å². The van der Waals surface area contributed by atoms with Crippen LogP contribution in [0.1, 0.15) is 73.1 Å². The molecule has 1 aromatic carbocycles. The molecule has 194 valence electrons. The van der Waals surface area contributed by atoms with E-state index in [0.717, 1.165) is 0 Å². The molecule has 2 rings (SSSR count). The smallest absolute Gasteiger partial charge is 0.148 e. The van der Waals surface area contributed by atoms with Crippen molar-refractivity contribution in [1.29, 1.82) is 0 Å². The number of thioether (sulfide) groups is 2. The van der Waals surface area contributed by atoms with E-state index in [0.29, 0.717) is 0 Å². The maximum Gasteiger partial charge on any atom is 0.148 e. The molecule has 34 heavy (non-hydrogen) atoms. The fourth-order valence-electron chi connectivity index (χ4n) is 5.29. The van der Waals surface area contributed by atoms with Crippen molar-refractivity contribution in [3.8, 4) is 0 Å². The molecule has 0 bridgehead atoms. The zero-order valence-corrected chi connectivity index (χ0v) is 25.9. The molecule has 2 nitrogen and oxygen atoms in total. The topological polar surface area (TPSA) is 15.3 Å². The van der Waals surface area contributed by atoms with Gasteiger partial charge in [-0.25, -0.2) is 0 Å². The molecule has 0 unspecified atom stereocenters. The van der Waals surface area contributed by atoms with E-state index in [-0.39, 0.29) is 5.54 Å². The van der Waals surface area contributed by atoms with Gasteiger partial charge in [0, 0.05) is 30.1 Å². The van der Waals surface area contributed by atoms with Crippen LogP contribution < -0.4 is 15.4 Å². The summed E-state index contributed by atoms with van der Waals surface area (Å²) in [5.41, 5.74) is 1.86. The number of benzene rings is 1. The monoisotopic (exact) mass is 520 g/mol.